The Balaban J connectivity index is 0.00000192. The zero-order valence-electron chi connectivity index (χ0n) is 13.3. The normalized spacial score (nSPS) is 22.0. The lowest BCUT2D eigenvalue weighted by Gasteiger charge is -2.42. The van der Waals surface area contributed by atoms with Crippen LogP contribution in [0.4, 0.5) is 17.1 Å². The number of carbonyl (C=O) groups is 1. The van der Waals surface area contributed by atoms with E-state index in [4.69, 9.17) is 5.73 Å². The standard InChI is InChI=1S/C15H21N5OS.ClH/c1-15(2)9-20(7-6-12(15)16)8-13(21)17-10-4-3-5-11-14(10)19-22-18-11;/h3-5,12H,6-9,16H2,1-2H3,(H,17,21);1H. The van der Waals surface area contributed by atoms with Crippen molar-refractivity contribution < 1.29 is 4.79 Å². The molecule has 0 spiro atoms. The number of carbonyl (C=O) groups excluding carboxylic acids is 1. The molecule has 1 saturated heterocycles. The van der Waals surface area contributed by atoms with Gasteiger partial charge in [0.25, 0.3) is 0 Å². The summed E-state index contributed by atoms with van der Waals surface area (Å²) in [6.07, 6.45) is 0.922. The van der Waals surface area contributed by atoms with Crippen LogP contribution < -0.4 is 11.1 Å². The summed E-state index contributed by atoms with van der Waals surface area (Å²) in [6, 6.07) is 5.82. The summed E-state index contributed by atoms with van der Waals surface area (Å²) < 4.78 is 8.42. The summed E-state index contributed by atoms with van der Waals surface area (Å²) in [4.78, 5) is 14.5. The number of rotatable bonds is 3. The van der Waals surface area contributed by atoms with Gasteiger partial charge in [0.05, 0.1) is 23.6 Å². The molecule has 0 bridgehead atoms. The van der Waals surface area contributed by atoms with Crippen LogP contribution in [0.3, 0.4) is 0 Å². The maximum atomic E-state index is 12.3. The summed E-state index contributed by atoms with van der Waals surface area (Å²) in [6.45, 7) is 6.39. The Morgan fingerprint density at radius 2 is 2.26 bits per heavy atom. The number of nitrogens with two attached hydrogens (primary N) is 1. The smallest absolute Gasteiger partial charge is 0.238 e. The first-order valence-electron chi connectivity index (χ1n) is 7.45. The van der Waals surface area contributed by atoms with Gasteiger partial charge in [-0.2, -0.15) is 8.73 Å². The summed E-state index contributed by atoms with van der Waals surface area (Å²) in [5.41, 5.74) is 8.47. The molecule has 126 valence electrons. The van der Waals surface area contributed by atoms with Gasteiger partial charge in [0.1, 0.15) is 11.4 Å². The molecule has 8 heteroatoms. The monoisotopic (exact) mass is 355 g/mol. The highest BCUT2D eigenvalue weighted by molar-refractivity contribution is 7.58. The molecule has 0 aliphatic carbocycles. The van der Waals surface area contributed by atoms with Crippen LogP contribution in [-0.4, -0.2) is 36.5 Å². The highest BCUT2D eigenvalue weighted by Gasteiger charge is 2.33. The molecule has 1 aromatic carbocycles. The average Bonchev–Trinajstić information content (AvgIpc) is 2.92. The number of likely N-dealkylation sites (tertiary alicyclic amines) is 1. The Hall–Kier alpha value is -1.28. The molecule has 0 aromatic heterocycles. The van der Waals surface area contributed by atoms with Crippen LogP contribution in [0.5, 0.6) is 0 Å². The topological polar surface area (TPSA) is 83.1 Å². The van der Waals surface area contributed by atoms with Crippen LogP contribution in [0.15, 0.2) is 26.9 Å². The van der Waals surface area contributed by atoms with Crippen molar-refractivity contribution >= 4 is 46.7 Å². The molecule has 23 heavy (non-hydrogen) atoms. The van der Waals surface area contributed by atoms with Crippen LogP contribution in [0.1, 0.15) is 20.3 Å². The van der Waals surface area contributed by atoms with Crippen molar-refractivity contribution in [2.24, 2.45) is 19.9 Å². The van der Waals surface area contributed by atoms with Crippen molar-refractivity contribution in [1.29, 1.82) is 0 Å². The molecular formula is C15H22ClN5OS. The Labute approximate surface area is 146 Å². The second-order valence-corrected chi connectivity index (χ2v) is 7.11. The van der Waals surface area contributed by atoms with E-state index < -0.39 is 0 Å². The number of nitrogens with zero attached hydrogens (tertiary/aromatic N) is 3. The Morgan fingerprint density at radius 3 is 3.00 bits per heavy atom. The maximum Gasteiger partial charge on any atom is 0.238 e. The number of fused-ring (bicyclic) bond motifs is 1. The van der Waals surface area contributed by atoms with Gasteiger partial charge < -0.3 is 11.1 Å². The Morgan fingerprint density at radius 1 is 1.48 bits per heavy atom. The van der Waals surface area contributed by atoms with E-state index in [0.29, 0.717) is 6.54 Å². The average molecular weight is 356 g/mol. The predicted molar refractivity (Wildman–Crippen MR) is 96.7 cm³/mol. The third-order valence-corrected chi connectivity index (χ3v) is 4.86. The van der Waals surface area contributed by atoms with E-state index in [9.17, 15) is 4.79 Å². The van der Waals surface area contributed by atoms with Gasteiger partial charge in [0, 0.05) is 19.1 Å². The third kappa shape index (κ3) is 3.98. The number of nitrogens with one attached hydrogen (secondary N) is 1. The van der Waals surface area contributed by atoms with E-state index in [1.807, 2.05) is 18.2 Å². The molecule has 6 nitrogen and oxygen atoms in total. The largest absolute Gasteiger partial charge is 0.327 e. The number of hydrogen-bond acceptors (Lipinski definition) is 5. The van der Waals surface area contributed by atoms with E-state index >= 15 is 0 Å². The van der Waals surface area contributed by atoms with Gasteiger partial charge in [-0.1, -0.05) is 19.9 Å². The summed E-state index contributed by atoms with van der Waals surface area (Å²) in [5.74, 6) is -0.0215. The zero-order chi connectivity index (χ0) is 15.7. The van der Waals surface area contributed by atoms with E-state index in [1.54, 1.807) is 0 Å². The lowest BCUT2D eigenvalue weighted by Crippen LogP contribution is -2.53. The molecule has 3 N–H and O–H groups in total. The van der Waals surface area contributed by atoms with Crippen LogP contribution in [-0.2, 0) is 16.1 Å². The highest BCUT2D eigenvalue weighted by Crippen LogP contribution is 2.38. The SMILES string of the molecule is CC1(C)CN(CC(=O)Nc2cccc3c2N=S=N3)CCC1N.Cl. The van der Waals surface area contributed by atoms with E-state index in [-0.39, 0.29) is 29.8 Å². The molecule has 2 heterocycles. The molecular weight excluding hydrogens is 334 g/mol. The quantitative estimate of drug-likeness (QED) is 0.888. The van der Waals surface area contributed by atoms with Crippen LogP contribution in [0.2, 0.25) is 0 Å². The van der Waals surface area contributed by atoms with Crippen molar-refractivity contribution in [2.45, 2.75) is 26.3 Å². The molecule has 2 aliphatic rings. The van der Waals surface area contributed by atoms with E-state index in [1.165, 1.54) is 0 Å². The minimum atomic E-state index is -0.0215. The third-order valence-electron chi connectivity index (χ3n) is 4.32. The number of halogens is 1. The molecule has 1 unspecified atom stereocenters. The van der Waals surface area contributed by atoms with Crippen molar-refractivity contribution in [3.63, 3.8) is 0 Å². The molecule has 0 radical (unpaired) electrons. The molecule has 1 fully saturated rings. The lowest BCUT2D eigenvalue weighted by atomic mass is 9.80. The van der Waals surface area contributed by atoms with Gasteiger partial charge >= 0.3 is 0 Å². The van der Waals surface area contributed by atoms with Crippen LogP contribution >= 0.6 is 12.4 Å². The molecule has 0 saturated carbocycles. The predicted octanol–water partition coefficient (Wildman–Crippen LogP) is 2.83. The van der Waals surface area contributed by atoms with Gasteiger partial charge in [-0.3, -0.25) is 9.69 Å². The summed E-state index contributed by atoms with van der Waals surface area (Å²) in [7, 11) is 0. The van der Waals surface area contributed by atoms with Crippen molar-refractivity contribution in [3.05, 3.63) is 18.2 Å². The van der Waals surface area contributed by atoms with Gasteiger partial charge in [-0.25, -0.2) is 0 Å². The van der Waals surface area contributed by atoms with Crippen LogP contribution in [0.25, 0.3) is 0 Å². The Kier molecular flexibility index (Phi) is 5.57. The first kappa shape index (κ1) is 18.1. The lowest BCUT2D eigenvalue weighted by molar-refractivity contribution is -0.118. The van der Waals surface area contributed by atoms with Crippen molar-refractivity contribution in [2.75, 3.05) is 25.0 Å². The van der Waals surface area contributed by atoms with Crippen molar-refractivity contribution in [1.82, 2.24) is 4.90 Å². The van der Waals surface area contributed by atoms with Crippen molar-refractivity contribution in [3.8, 4) is 0 Å². The number of piperidine rings is 1. The van der Waals surface area contributed by atoms with Crippen LogP contribution in [0, 0.1) is 5.41 Å². The fourth-order valence-corrected chi connectivity index (χ4v) is 3.47. The van der Waals surface area contributed by atoms with E-state index in [2.05, 4.69) is 32.8 Å². The first-order valence-corrected chi connectivity index (χ1v) is 8.18. The second kappa shape index (κ2) is 7.09. The molecule has 1 aromatic rings. The molecule has 1 amide bonds. The highest BCUT2D eigenvalue weighted by atomic mass is 35.5. The van der Waals surface area contributed by atoms with Gasteiger partial charge in [0.2, 0.25) is 5.91 Å². The fraction of sp³-hybridized carbons (Fsp3) is 0.533. The Bertz CT molecular complexity index is 672. The van der Waals surface area contributed by atoms with Gasteiger partial charge in [0.15, 0.2) is 0 Å². The zero-order valence-corrected chi connectivity index (χ0v) is 14.9. The number of amides is 1. The molecule has 1 atom stereocenters. The molecule has 2 aliphatic heterocycles. The first-order chi connectivity index (χ1) is 10.5. The number of hydrogen-bond donors (Lipinski definition) is 2. The number of benzene rings is 1. The minimum Gasteiger partial charge on any atom is -0.327 e. The summed E-state index contributed by atoms with van der Waals surface area (Å²) >= 11 is 1.15. The van der Waals surface area contributed by atoms with Gasteiger partial charge in [-0.05, 0) is 24.0 Å². The van der Waals surface area contributed by atoms with E-state index in [0.717, 1.165) is 47.9 Å². The fourth-order valence-electron chi connectivity index (χ4n) is 2.92. The molecule has 3 rings (SSSR count). The second-order valence-electron chi connectivity index (χ2n) is 6.58. The summed E-state index contributed by atoms with van der Waals surface area (Å²) in [5, 5.41) is 2.95. The minimum absolute atomic E-state index is 0. The maximum absolute atomic E-state index is 12.3. The number of anilines is 1. The van der Waals surface area contributed by atoms with Gasteiger partial charge in [-0.15, -0.1) is 12.4 Å².